The van der Waals surface area contributed by atoms with Crippen molar-refractivity contribution in [3.05, 3.63) is 34.9 Å². The fraction of sp³-hybridized carbons (Fsp3) is 0.571. The van der Waals surface area contributed by atoms with Crippen LogP contribution in [0.5, 0.6) is 0 Å². The molecule has 2 heterocycles. The molecule has 2 fully saturated rings. The Balaban J connectivity index is 1.39. The number of hydrogen-bond acceptors (Lipinski definition) is 5. The number of fused-ring (bicyclic) bond motifs is 1. The molecular weight excluding hydrogens is 356 g/mol. The van der Waals surface area contributed by atoms with Gasteiger partial charge in [-0.25, -0.2) is 0 Å². The van der Waals surface area contributed by atoms with Crippen LogP contribution >= 0.6 is 0 Å². The Kier molecular flexibility index (Phi) is 4.97. The van der Waals surface area contributed by atoms with Gasteiger partial charge in [-0.05, 0) is 49.3 Å². The number of rotatable bonds is 6. The Labute approximate surface area is 165 Å². The van der Waals surface area contributed by atoms with E-state index in [1.54, 1.807) is 4.90 Å². The van der Waals surface area contributed by atoms with Gasteiger partial charge in [0, 0.05) is 37.2 Å². The molecule has 0 radical (unpaired) electrons. The van der Waals surface area contributed by atoms with Gasteiger partial charge in [0.05, 0.1) is 0 Å². The van der Waals surface area contributed by atoms with Gasteiger partial charge in [0.15, 0.2) is 0 Å². The van der Waals surface area contributed by atoms with Crippen LogP contribution in [0.3, 0.4) is 0 Å². The Morgan fingerprint density at radius 1 is 1.25 bits per heavy atom. The van der Waals surface area contributed by atoms with Gasteiger partial charge in [0.1, 0.15) is 6.04 Å². The highest BCUT2D eigenvalue weighted by Gasteiger charge is 2.39. The minimum Gasteiger partial charge on any atom is -0.324 e. The third kappa shape index (κ3) is 3.56. The summed E-state index contributed by atoms with van der Waals surface area (Å²) in [5.74, 6) is -0.196. The lowest BCUT2D eigenvalue weighted by Gasteiger charge is -2.40. The monoisotopic (exact) mass is 384 g/mol. The van der Waals surface area contributed by atoms with Crippen LogP contribution in [0.2, 0.25) is 0 Å². The predicted molar refractivity (Wildman–Crippen MR) is 104 cm³/mol. The Morgan fingerprint density at radius 2 is 2.04 bits per heavy atom. The van der Waals surface area contributed by atoms with Crippen LogP contribution in [-0.2, 0) is 22.7 Å². The van der Waals surface area contributed by atoms with Crippen molar-refractivity contribution >= 4 is 17.7 Å². The molecule has 1 aliphatic carbocycles. The second-order valence-corrected chi connectivity index (χ2v) is 8.63. The third-order valence-electron chi connectivity index (χ3n) is 6.47. The van der Waals surface area contributed by atoms with Gasteiger partial charge in [-0.1, -0.05) is 18.6 Å². The number of carbonyl (C=O) groups is 3. The van der Waals surface area contributed by atoms with Gasteiger partial charge < -0.3 is 16.0 Å². The Bertz CT molecular complexity index is 816. The highest BCUT2D eigenvalue weighted by atomic mass is 16.2. The zero-order valence-electron chi connectivity index (χ0n) is 16.3. The summed E-state index contributed by atoms with van der Waals surface area (Å²) in [5, 5.41) is 5.76. The highest BCUT2D eigenvalue weighted by Crippen LogP contribution is 2.34. The first-order chi connectivity index (χ1) is 13.3. The van der Waals surface area contributed by atoms with Crippen LogP contribution in [0.15, 0.2) is 18.2 Å². The summed E-state index contributed by atoms with van der Waals surface area (Å²) in [5.41, 5.74) is 8.84. The van der Waals surface area contributed by atoms with E-state index in [4.69, 9.17) is 5.73 Å². The van der Waals surface area contributed by atoms with Crippen LogP contribution in [0, 0.1) is 5.92 Å². The van der Waals surface area contributed by atoms with Crippen molar-refractivity contribution in [3.63, 3.8) is 0 Å². The van der Waals surface area contributed by atoms with Crippen molar-refractivity contribution < 1.29 is 14.4 Å². The summed E-state index contributed by atoms with van der Waals surface area (Å²) in [7, 11) is 0. The molecule has 3 aliphatic rings. The first-order valence-electron chi connectivity index (χ1n) is 10.1. The number of benzene rings is 1. The van der Waals surface area contributed by atoms with E-state index in [9.17, 15) is 14.4 Å². The average molecular weight is 384 g/mol. The Hall–Kier alpha value is -2.25. The van der Waals surface area contributed by atoms with Gasteiger partial charge in [0.25, 0.3) is 5.91 Å². The summed E-state index contributed by atoms with van der Waals surface area (Å²) in [6.07, 6.45) is 4.34. The van der Waals surface area contributed by atoms with Gasteiger partial charge >= 0.3 is 0 Å². The highest BCUT2D eigenvalue weighted by molar-refractivity contribution is 6.05. The van der Waals surface area contributed by atoms with E-state index in [0.717, 1.165) is 17.7 Å². The van der Waals surface area contributed by atoms with Crippen molar-refractivity contribution in [2.24, 2.45) is 11.7 Å². The molecule has 4 N–H and O–H groups in total. The molecule has 4 rings (SSSR count). The minimum atomic E-state index is -0.570. The van der Waals surface area contributed by atoms with Crippen LogP contribution in [0.4, 0.5) is 0 Å². The van der Waals surface area contributed by atoms with Crippen LogP contribution < -0.4 is 16.4 Å². The maximum Gasteiger partial charge on any atom is 0.255 e. The van der Waals surface area contributed by atoms with E-state index in [1.807, 2.05) is 18.2 Å². The molecule has 0 bridgehead atoms. The number of nitrogens with two attached hydrogens (primary N) is 1. The number of imide groups is 1. The molecule has 28 heavy (non-hydrogen) atoms. The number of nitrogens with one attached hydrogen (secondary N) is 2. The minimum absolute atomic E-state index is 0.135. The molecule has 2 unspecified atom stereocenters. The molecule has 7 nitrogen and oxygen atoms in total. The Morgan fingerprint density at radius 3 is 2.71 bits per heavy atom. The molecule has 7 heteroatoms. The first-order valence-corrected chi connectivity index (χ1v) is 10.1. The van der Waals surface area contributed by atoms with Crippen LogP contribution in [0.25, 0.3) is 0 Å². The number of nitrogens with zero attached hydrogens (tertiary/aromatic N) is 1. The van der Waals surface area contributed by atoms with Crippen LogP contribution in [0.1, 0.15) is 60.5 Å². The summed E-state index contributed by atoms with van der Waals surface area (Å²) >= 11 is 0. The fourth-order valence-corrected chi connectivity index (χ4v) is 4.40. The SMILES string of the molecule is CC(N)(CNCc1ccc2c(c1)C(=O)N(C1CCC(=O)NC1=O)C2)C1CCC1. The number of amides is 3. The zero-order chi connectivity index (χ0) is 19.9. The largest absolute Gasteiger partial charge is 0.324 e. The molecular formula is C21H28N4O3. The summed E-state index contributed by atoms with van der Waals surface area (Å²) in [6.45, 7) is 3.91. The lowest BCUT2D eigenvalue weighted by atomic mass is 9.72. The van der Waals surface area contributed by atoms with Crippen molar-refractivity contribution in [2.75, 3.05) is 6.54 Å². The number of hydrogen-bond donors (Lipinski definition) is 3. The third-order valence-corrected chi connectivity index (χ3v) is 6.47. The molecule has 0 aromatic heterocycles. The van der Waals surface area contributed by atoms with Gasteiger partial charge in [-0.3, -0.25) is 19.7 Å². The second kappa shape index (κ2) is 7.29. The summed E-state index contributed by atoms with van der Waals surface area (Å²) in [4.78, 5) is 37.9. The predicted octanol–water partition coefficient (Wildman–Crippen LogP) is 1.05. The molecule has 0 spiro atoms. The van der Waals surface area contributed by atoms with E-state index < -0.39 is 6.04 Å². The lowest BCUT2D eigenvalue weighted by molar-refractivity contribution is -0.136. The van der Waals surface area contributed by atoms with Gasteiger partial charge in [0.2, 0.25) is 11.8 Å². The smallest absolute Gasteiger partial charge is 0.255 e. The normalized spacial score (nSPS) is 24.6. The maximum atomic E-state index is 12.9. The van der Waals surface area contributed by atoms with Crippen molar-refractivity contribution in [3.8, 4) is 0 Å². The van der Waals surface area contributed by atoms with Crippen molar-refractivity contribution in [1.82, 2.24) is 15.5 Å². The standard InChI is InChI=1S/C21H28N4O3/c1-21(22,15-3-2-4-15)12-23-10-13-5-6-14-11-25(20(28)16(14)9-13)17-7-8-18(26)24-19(17)27/h5-6,9,15,17,23H,2-4,7-8,10-12,22H2,1H3,(H,24,26,27). The first kappa shape index (κ1) is 19.1. The van der Waals surface area contributed by atoms with E-state index in [0.29, 0.717) is 31.0 Å². The fourth-order valence-electron chi connectivity index (χ4n) is 4.40. The second-order valence-electron chi connectivity index (χ2n) is 8.63. The van der Waals surface area contributed by atoms with E-state index in [1.165, 1.54) is 19.3 Å². The molecule has 2 aliphatic heterocycles. The average Bonchev–Trinajstić information content (AvgIpc) is 2.89. The number of piperidine rings is 1. The van der Waals surface area contributed by atoms with Crippen molar-refractivity contribution in [2.45, 2.75) is 63.7 Å². The zero-order valence-corrected chi connectivity index (χ0v) is 16.3. The van der Waals surface area contributed by atoms with Gasteiger partial charge in [-0.15, -0.1) is 0 Å². The molecule has 1 aromatic rings. The van der Waals surface area contributed by atoms with Gasteiger partial charge in [-0.2, -0.15) is 0 Å². The molecule has 1 saturated heterocycles. The van der Waals surface area contributed by atoms with E-state index in [-0.39, 0.29) is 29.7 Å². The lowest BCUT2D eigenvalue weighted by Crippen LogP contribution is -2.53. The van der Waals surface area contributed by atoms with Crippen molar-refractivity contribution in [1.29, 1.82) is 0 Å². The summed E-state index contributed by atoms with van der Waals surface area (Å²) < 4.78 is 0. The molecule has 1 saturated carbocycles. The van der Waals surface area contributed by atoms with Crippen LogP contribution in [-0.4, -0.2) is 40.7 Å². The van der Waals surface area contributed by atoms with E-state index in [2.05, 4.69) is 17.6 Å². The van der Waals surface area contributed by atoms with E-state index >= 15 is 0 Å². The number of carbonyl (C=O) groups excluding carboxylic acids is 3. The molecule has 3 amide bonds. The molecule has 2 atom stereocenters. The maximum absolute atomic E-state index is 12.9. The quantitative estimate of drug-likeness (QED) is 0.636. The molecule has 1 aromatic carbocycles. The molecule has 150 valence electrons. The topological polar surface area (TPSA) is 105 Å². The summed E-state index contributed by atoms with van der Waals surface area (Å²) in [6, 6.07) is 5.32.